The molecule has 2 heterocycles. The fraction of sp³-hybridized carbons (Fsp3) is 0.818. The Labute approximate surface area is 88.9 Å². The molecule has 0 radical (unpaired) electrons. The third-order valence-electron chi connectivity index (χ3n) is 3.48. The number of rotatable bonds is 1. The first-order valence-corrected chi connectivity index (χ1v) is 5.34. The van der Waals surface area contributed by atoms with Crippen molar-refractivity contribution in [2.75, 3.05) is 0 Å². The SMILES string of the molecule is CC(=O)O[C@@]1(C)C(=O)[C@H](C)[C@@H]2CC[C@H]1O2. The summed E-state index contributed by atoms with van der Waals surface area (Å²) in [7, 11) is 0. The van der Waals surface area contributed by atoms with E-state index in [1.54, 1.807) is 6.92 Å². The zero-order valence-electron chi connectivity index (χ0n) is 9.28. The molecule has 0 amide bonds. The van der Waals surface area contributed by atoms with E-state index >= 15 is 0 Å². The average molecular weight is 212 g/mol. The number of Topliss-reactive ketones (excluding diaryl/α,β-unsaturated/α-hetero) is 1. The zero-order chi connectivity index (χ0) is 11.2. The highest BCUT2D eigenvalue weighted by Crippen LogP contribution is 2.41. The van der Waals surface area contributed by atoms with Crippen LogP contribution in [0.2, 0.25) is 0 Å². The molecular formula is C11H16O4. The van der Waals surface area contributed by atoms with Gasteiger partial charge in [-0.1, -0.05) is 6.92 Å². The molecule has 2 aliphatic rings. The summed E-state index contributed by atoms with van der Waals surface area (Å²) in [5, 5.41) is 0. The monoisotopic (exact) mass is 212 g/mol. The molecule has 0 saturated carbocycles. The second-order valence-corrected chi connectivity index (χ2v) is 4.59. The van der Waals surface area contributed by atoms with Crippen LogP contribution >= 0.6 is 0 Å². The fourth-order valence-corrected chi connectivity index (χ4v) is 2.63. The van der Waals surface area contributed by atoms with Crippen molar-refractivity contribution in [3.8, 4) is 0 Å². The van der Waals surface area contributed by atoms with Crippen LogP contribution in [-0.2, 0) is 19.1 Å². The second kappa shape index (κ2) is 3.30. The lowest BCUT2D eigenvalue weighted by Gasteiger charge is -2.39. The molecule has 0 N–H and O–H groups in total. The minimum absolute atomic E-state index is 0.00329. The van der Waals surface area contributed by atoms with Crippen LogP contribution < -0.4 is 0 Å². The highest BCUT2D eigenvalue weighted by atomic mass is 16.6. The van der Waals surface area contributed by atoms with Gasteiger partial charge in [-0.25, -0.2) is 0 Å². The van der Waals surface area contributed by atoms with Crippen LogP contribution in [-0.4, -0.2) is 29.6 Å². The standard InChI is InChI=1S/C11H16O4/c1-6-8-4-5-9(14-8)11(3,10(6)13)15-7(2)12/h6,8-9H,4-5H2,1-3H3/t6-,8+,9-,11-/m1/s1. The summed E-state index contributed by atoms with van der Waals surface area (Å²) in [6.07, 6.45) is 1.44. The molecule has 2 fully saturated rings. The van der Waals surface area contributed by atoms with Gasteiger partial charge in [0.2, 0.25) is 0 Å². The van der Waals surface area contributed by atoms with Crippen molar-refractivity contribution in [3.05, 3.63) is 0 Å². The maximum absolute atomic E-state index is 12.1. The van der Waals surface area contributed by atoms with Crippen molar-refractivity contribution in [3.63, 3.8) is 0 Å². The molecule has 84 valence electrons. The Hall–Kier alpha value is -0.900. The highest BCUT2D eigenvalue weighted by molar-refractivity contribution is 5.92. The van der Waals surface area contributed by atoms with Gasteiger partial charge in [0.15, 0.2) is 11.4 Å². The van der Waals surface area contributed by atoms with E-state index in [9.17, 15) is 9.59 Å². The second-order valence-electron chi connectivity index (χ2n) is 4.59. The lowest BCUT2D eigenvalue weighted by Crippen LogP contribution is -2.57. The van der Waals surface area contributed by atoms with Gasteiger partial charge in [0, 0.05) is 12.8 Å². The van der Waals surface area contributed by atoms with Crippen LogP contribution in [0.1, 0.15) is 33.6 Å². The summed E-state index contributed by atoms with van der Waals surface area (Å²) < 4.78 is 10.9. The molecule has 0 unspecified atom stereocenters. The number of hydrogen-bond acceptors (Lipinski definition) is 4. The van der Waals surface area contributed by atoms with E-state index in [-0.39, 0.29) is 23.9 Å². The zero-order valence-corrected chi connectivity index (χ0v) is 9.28. The van der Waals surface area contributed by atoms with Gasteiger partial charge in [0.05, 0.1) is 6.10 Å². The van der Waals surface area contributed by atoms with Gasteiger partial charge < -0.3 is 9.47 Å². The smallest absolute Gasteiger partial charge is 0.303 e. The Bertz CT molecular complexity index is 312. The molecule has 2 aliphatic heterocycles. The summed E-state index contributed by atoms with van der Waals surface area (Å²) in [5.41, 5.74) is -1.07. The van der Waals surface area contributed by atoms with E-state index in [4.69, 9.17) is 9.47 Å². The van der Waals surface area contributed by atoms with E-state index in [0.717, 1.165) is 12.8 Å². The number of carbonyl (C=O) groups excluding carboxylic acids is 2. The Balaban J connectivity index is 2.29. The predicted molar refractivity (Wildman–Crippen MR) is 52.2 cm³/mol. The van der Waals surface area contributed by atoms with Gasteiger partial charge in [0.25, 0.3) is 0 Å². The van der Waals surface area contributed by atoms with Crippen molar-refractivity contribution in [2.24, 2.45) is 5.92 Å². The molecule has 2 rings (SSSR count). The Kier molecular flexibility index (Phi) is 2.34. The first kappa shape index (κ1) is 10.6. The summed E-state index contributed by atoms with van der Waals surface area (Å²) in [4.78, 5) is 23.1. The lowest BCUT2D eigenvalue weighted by molar-refractivity contribution is -0.195. The Morgan fingerprint density at radius 1 is 1.53 bits per heavy atom. The van der Waals surface area contributed by atoms with Crippen molar-refractivity contribution in [1.29, 1.82) is 0 Å². The molecule has 4 nitrogen and oxygen atoms in total. The van der Waals surface area contributed by atoms with E-state index in [0.29, 0.717) is 0 Å². The van der Waals surface area contributed by atoms with Crippen LogP contribution in [0, 0.1) is 5.92 Å². The van der Waals surface area contributed by atoms with Gasteiger partial charge in [-0.05, 0) is 19.8 Å². The number of ether oxygens (including phenoxy) is 2. The molecule has 4 heteroatoms. The van der Waals surface area contributed by atoms with Crippen LogP contribution in [0.5, 0.6) is 0 Å². The molecule has 2 saturated heterocycles. The van der Waals surface area contributed by atoms with Crippen molar-refractivity contribution >= 4 is 11.8 Å². The molecule has 15 heavy (non-hydrogen) atoms. The van der Waals surface area contributed by atoms with E-state index in [1.807, 2.05) is 6.92 Å². The highest BCUT2D eigenvalue weighted by Gasteiger charge is 2.56. The van der Waals surface area contributed by atoms with Crippen LogP contribution in [0.15, 0.2) is 0 Å². The van der Waals surface area contributed by atoms with Crippen molar-refractivity contribution < 1.29 is 19.1 Å². The predicted octanol–water partition coefficient (Wildman–Crippen LogP) is 1.07. The minimum atomic E-state index is -1.07. The molecule has 2 bridgehead atoms. The van der Waals surface area contributed by atoms with Gasteiger partial charge in [-0.15, -0.1) is 0 Å². The van der Waals surface area contributed by atoms with E-state index < -0.39 is 11.6 Å². The first-order chi connectivity index (χ1) is 6.95. The molecule has 0 aliphatic carbocycles. The van der Waals surface area contributed by atoms with Crippen molar-refractivity contribution in [1.82, 2.24) is 0 Å². The Morgan fingerprint density at radius 2 is 2.20 bits per heavy atom. The van der Waals surface area contributed by atoms with Gasteiger partial charge in [-0.2, -0.15) is 0 Å². The van der Waals surface area contributed by atoms with Crippen LogP contribution in [0.4, 0.5) is 0 Å². The van der Waals surface area contributed by atoms with Gasteiger partial charge >= 0.3 is 5.97 Å². The molecular weight excluding hydrogens is 196 g/mol. The quantitative estimate of drug-likeness (QED) is 0.610. The molecule has 0 aromatic carbocycles. The topological polar surface area (TPSA) is 52.6 Å². The molecule has 0 spiro atoms. The van der Waals surface area contributed by atoms with E-state index in [1.165, 1.54) is 6.92 Å². The van der Waals surface area contributed by atoms with E-state index in [2.05, 4.69) is 0 Å². The summed E-state index contributed by atoms with van der Waals surface area (Å²) in [5.74, 6) is -0.600. The van der Waals surface area contributed by atoms with Crippen LogP contribution in [0.25, 0.3) is 0 Å². The van der Waals surface area contributed by atoms with Crippen molar-refractivity contribution in [2.45, 2.75) is 51.4 Å². The summed E-state index contributed by atoms with van der Waals surface area (Å²) in [6.45, 7) is 4.83. The van der Waals surface area contributed by atoms with Crippen LogP contribution in [0.3, 0.4) is 0 Å². The molecule has 0 aromatic rings. The maximum atomic E-state index is 12.1. The number of hydrogen-bond donors (Lipinski definition) is 0. The minimum Gasteiger partial charge on any atom is -0.449 e. The molecule has 0 aromatic heterocycles. The number of fused-ring (bicyclic) bond motifs is 2. The summed E-state index contributed by atoms with van der Waals surface area (Å²) in [6, 6.07) is 0. The number of carbonyl (C=O) groups is 2. The summed E-state index contributed by atoms with van der Waals surface area (Å²) >= 11 is 0. The number of ketones is 1. The number of esters is 1. The Morgan fingerprint density at radius 3 is 2.80 bits per heavy atom. The third kappa shape index (κ3) is 1.47. The third-order valence-corrected chi connectivity index (χ3v) is 3.48. The largest absolute Gasteiger partial charge is 0.449 e. The van der Waals surface area contributed by atoms with Gasteiger partial charge in [0.1, 0.15) is 6.10 Å². The van der Waals surface area contributed by atoms with Gasteiger partial charge in [-0.3, -0.25) is 9.59 Å². The maximum Gasteiger partial charge on any atom is 0.303 e. The fourth-order valence-electron chi connectivity index (χ4n) is 2.63. The average Bonchev–Trinajstić information content (AvgIpc) is 2.59. The normalized spacial score (nSPS) is 44.2. The first-order valence-electron chi connectivity index (χ1n) is 5.34. The molecule has 4 atom stereocenters. The lowest BCUT2D eigenvalue weighted by atomic mass is 9.84.